The second-order valence-electron chi connectivity index (χ2n) is 4.12. The van der Waals surface area contributed by atoms with Crippen LogP contribution in [0.25, 0.3) is 5.69 Å². The van der Waals surface area contributed by atoms with E-state index < -0.39 is 0 Å². The second kappa shape index (κ2) is 6.04. The van der Waals surface area contributed by atoms with Crippen LogP contribution in [0, 0.1) is 0 Å². The van der Waals surface area contributed by atoms with Gasteiger partial charge in [-0.25, -0.2) is 9.78 Å². The number of para-hydroxylation sites is 2. The summed E-state index contributed by atoms with van der Waals surface area (Å²) in [5.41, 5.74) is 1.82. The Bertz CT molecular complexity index is 537. The molecule has 0 aliphatic rings. The van der Waals surface area contributed by atoms with Gasteiger partial charge in [-0.1, -0.05) is 19.1 Å². The summed E-state index contributed by atoms with van der Waals surface area (Å²) in [6, 6.07) is 7.41. The van der Waals surface area contributed by atoms with Crippen molar-refractivity contribution in [3.8, 4) is 5.69 Å². The van der Waals surface area contributed by atoms with Crippen molar-refractivity contribution < 1.29 is 9.53 Å². The van der Waals surface area contributed by atoms with Crippen molar-refractivity contribution in [3.05, 3.63) is 43.0 Å². The van der Waals surface area contributed by atoms with Crippen LogP contribution in [0.15, 0.2) is 43.0 Å². The molecular weight excluding hydrogens is 242 g/mol. The van der Waals surface area contributed by atoms with E-state index in [1.807, 2.05) is 42.0 Å². The molecule has 1 atom stereocenters. The van der Waals surface area contributed by atoms with E-state index in [2.05, 4.69) is 10.3 Å². The first-order chi connectivity index (χ1) is 9.26. The Labute approximate surface area is 112 Å². The number of nitrogens with one attached hydrogen (secondary N) is 1. The zero-order chi connectivity index (χ0) is 13.7. The summed E-state index contributed by atoms with van der Waals surface area (Å²) in [6.45, 7) is 1.94. The van der Waals surface area contributed by atoms with Gasteiger partial charge >= 0.3 is 5.97 Å². The van der Waals surface area contributed by atoms with E-state index in [0.717, 1.165) is 11.4 Å². The zero-order valence-corrected chi connectivity index (χ0v) is 11.0. The number of anilines is 1. The molecule has 0 aliphatic heterocycles. The molecule has 0 aliphatic carbocycles. The second-order valence-corrected chi connectivity index (χ2v) is 4.12. The fourth-order valence-corrected chi connectivity index (χ4v) is 1.88. The normalized spacial score (nSPS) is 11.9. The highest BCUT2D eigenvalue weighted by atomic mass is 16.5. The van der Waals surface area contributed by atoms with Crippen LogP contribution in [-0.2, 0) is 9.53 Å². The lowest BCUT2D eigenvalue weighted by Gasteiger charge is -2.18. The number of hydrogen-bond acceptors (Lipinski definition) is 4. The third-order valence-corrected chi connectivity index (χ3v) is 2.91. The van der Waals surface area contributed by atoms with Gasteiger partial charge in [-0.3, -0.25) is 0 Å². The molecule has 0 fully saturated rings. The van der Waals surface area contributed by atoms with Crippen LogP contribution in [0.4, 0.5) is 5.69 Å². The lowest BCUT2D eigenvalue weighted by Crippen LogP contribution is -2.30. The van der Waals surface area contributed by atoms with Crippen molar-refractivity contribution in [2.75, 3.05) is 12.4 Å². The number of hydrogen-bond donors (Lipinski definition) is 1. The van der Waals surface area contributed by atoms with Crippen LogP contribution in [0.2, 0.25) is 0 Å². The van der Waals surface area contributed by atoms with Crippen LogP contribution in [0.5, 0.6) is 0 Å². The lowest BCUT2D eigenvalue weighted by molar-refractivity contribution is -0.141. The van der Waals surface area contributed by atoms with Crippen molar-refractivity contribution in [1.82, 2.24) is 9.55 Å². The van der Waals surface area contributed by atoms with Gasteiger partial charge in [-0.2, -0.15) is 0 Å². The fraction of sp³-hybridized carbons (Fsp3) is 0.286. The van der Waals surface area contributed by atoms with E-state index >= 15 is 0 Å². The summed E-state index contributed by atoms with van der Waals surface area (Å²) < 4.78 is 6.68. The van der Waals surface area contributed by atoms with Gasteiger partial charge in [0.05, 0.1) is 24.8 Å². The maximum atomic E-state index is 11.6. The highest BCUT2D eigenvalue weighted by molar-refractivity contribution is 5.80. The quantitative estimate of drug-likeness (QED) is 0.837. The highest BCUT2D eigenvalue weighted by Crippen LogP contribution is 2.21. The van der Waals surface area contributed by atoms with E-state index in [1.54, 1.807) is 12.5 Å². The number of rotatable bonds is 5. The van der Waals surface area contributed by atoms with Crippen molar-refractivity contribution in [1.29, 1.82) is 0 Å². The maximum absolute atomic E-state index is 11.6. The number of esters is 1. The minimum Gasteiger partial charge on any atom is -0.467 e. The Balaban J connectivity index is 2.28. The molecule has 0 spiro atoms. The summed E-state index contributed by atoms with van der Waals surface area (Å²) in [5, 5.41) is 3.21. The number of benzene rings is 1. The minimum absolute atomic E-state index is 0.261. The van der Waals surface area contributed by atoms with E-state index in [9.17, 15) is 4.79 Å². The molecule has 0 amide bonds. The first-order valence-electron chi connectivity index (χ1n) is 6.18. The highest BCUT2D eigenvalue weighted by Gasteiger charge is 2.17. The minimum atomic E-state index is -0.352. The molecule has 19 heavy (non-hydrogen) atoms. The fourth-order valence-electron chi connectivity index (χ4n) is 1.88. The number of nitrogens with zero attached hydrogens (tertiary/aromatic N) is 2. The van der Waals surface area contributed by atoms with Crippen molar-refractivity contribution >= 4 is 11.7 Å². The van der Waals surface area contributed by atoms with Crippen LogP contribution in [0.3, 0.4) is 0 Å². The predicted octanol–water partition coefficient (Wildman–Crippen LogP) is 2.24. The molecule has 1 N–H and O–H groups in total. The molecule has 1 unspecified atom stereocenters. The van der Waals surface area contributed by atoms with Gasteiger partial charge < -0.3 is 14.6 Å². The van der Waals surface area contributed by atoms with Gasteiger partial charge in [-0.05, 0) is 18.6 Å². The summed E-state index contributed by atoms with van der Waals surface area (Å²) in [6.07, 6.45) is 5.96. The largest absolute Gasteiger partial charge is 0.467 e. The molecule has 0 saturated carbocycles. The maximum Gasteiger partial charge on any atom is 0.328 e. The Morgan fingerprint density at radius 2 is 2.26 bits per heavy atom. The average Bonchev–Trinajstić information content (AvgIpc) is 2.98. The summed E-state index contributed by atoms with van der Waals surface area (Å²) >= 11 is 0. The molecule has 1 aromatic heterocycles. The molecule has 0 bridgehead atoms. The van der Waals surface area contributed by atoms with Gasteiger partial charge in [-0.15, -0.1) is 0 Å². The number of imidazole rings is 1. The van der Waals surface area contributed by atoms with Gasteiger partial charge in [0, 0.05) is 12.4 Å². The molecular formula is C14H17N3O2. The molecule has 1 aromatic carbocycles. The predicted molar refractivity (Wildman–Crippen MR) is 73.3 cm³/mol. The topological polar surface area (TPSA) is 56.2 Å². The number of carbonyl (C=O) groups is 1. The molecule has 1 heterocycles. The van der Waals surface area contributed by atoms with Gasteiger partial charge in [0.15, 0.2) is 0 Å². The van der Waals surface area contributed by atoms with Gasteiger partial charge in [0.2, 0.25) is 0 Å². The summed E-state index contributed by atoms with van der Waals surface area (Å²) in [7, 11) is 1.40. The lowest BCUT2D eigenvalue weighted by atomic mass is 10.2. The molecule has 5 heteroatoms. The summed E-state index contributed by atoms with van der Waals surface area (Å²) in [4.78, 5) is 15.7. The number of methoxy groups -OCH3 is 1. The van der Waals surface area contributed by atoms with Crippen LogP contribution in [0.1, 0.15) is 13.3 Å². The smallest absolute Gasteiger partial charge is 0.328 e. The van der Waals surface area contributed by atoms with Crippen LogP contribution in [-0.4, -0.2) is 28.7 Å². The molecule has 2 aromatic rings. The third kappa shape index (κ3) is 2.93. The Hall–Kier alpha value is -2.30. The molecule has 0 radical (unpaired) electrons. The van der Waals surface area contributed by atoms with Gasteiger partial charge in [0.1, 0.15) is 6.04 Å². The molecule has 0 saturated heterocycles. The molecule has 100 valence electrons. The standard InChI is InChI=1S/C14H17N3O2/c1-3-11(14(18)19-2)16-12-6-4-5-7-13(12)17-9-8-15-10-17/h4-11,16H,3H2,1-2H3. The average molecular weight is 259 g/mol. The molecule has 2 rings (SSSR count). The van der Waals surface area contributed by atoms with E-state index in [1.165, 1.54) is 7.11 Å². The Morgan fingerprint density at radius 1 is 1.47 bits per heavy atom. The zero-order valence-electron chi connectivity index (χ0n) is 11.0. The first-order valence-corrected chi connectivity index (χ1v) is 6.18. The van der Waals surface area contributed by atoms with Crippen LogP contribution < -0.4 is 5.32 Å². The van der Waals surface area contributed by atoms with E-state index in [-0.39, 0.29) is 12.0 Å². The SMILES string of the molecule is CCC(Nc1ccccc1-n1ccnc1)C(=O)OC. The Kier molecular flexibility index (Phi) is 4.18. The van der Waals surface area contributed by atoms with Crippen molar-refractivity contribution in [2.45, 2.75) is 19.4 Å². The monoisotopic (exact) mass is 259 g/mol. The first kappa shape index (κ1) is 13.1. The number of carbonyl (C=O) groups excluding carboxylic acids is 1. The number of ether oxygens (including phenoxy) is 1. The Morgan fingerprint density at radius 3 is 2.89 bits per heavy atom. The van der Waals surface area contributed by atoms with Crippen LogP contribution >= 0.6 is 0 Å². The van der Waals surface area contributed by atoms with E-state index in [0.29, 0.717) is 6.42 Å². The summed E-state index contributed by atoms with van der Waals surface area (Å²) in [5.74, 6) is -0.261. The van der Waals surface area contributed by atoms with Gasteiger partial charge in [0.25, 0.3) is 0 Å². The third-order valence-electron chi connectivity index (χ3n) is 2.91. The van der Waals surface area contributed by atoms with Crippen molar-refractivity contribution in [3.63, 3.8) is 0 Å². The number of aromatic nitrogens is 2. The van der Waals surface area contributed by atoms with Crippen molar-refractivity contribution in [2.24, 2.45) is 0 Å². The molecule has 5 nitrogen and oxygen atoms in total. The van der Waals surface area contributed by atoms with E-state index in [4.69, 9.17) is 4.74 Å².